The molecule has 0 spiro atoms. The third-order valence-corrected chi connectivity index (χ3v) is 3.39. The minimum Gasteiger partial charge on any atom is -0.464 e. The predicted octanol–water partition coefficient (Wildman–Crippen LogP) is 3.22. The van der Waals surface area contributed by atoms with Gasteiger partial charge in [0, 0.05) is 12.2 Å². The molecule has 0 unspecified atom stereocenters. The molecule has 1 N–H and O–H groups in total. The van der Waals surface area contributed by atoms with Gasteiger partial charge in [-0.05, 0) is 25.0 Å². The van der Waals surface area contributed by atoms with Crippen LogP contribution in [0.1, 0.15) is 32.1 Å². The fraction of sp³-hybridized carbons (Fsp3) is 0.533. The van der Waals surface area contributed by atoms with E-state index in [1.165, 1.54) is 19.3 Å². The maximum atomic E-state index is 11.8. The fourth-order valence-corrected chi connectivity index (χ4v) is 2.36. The van der Waals surface area contributed by atoms with Crippen LogP contribution in [0.3, 0.4) is 0 Å². The van der Waals surface area contributed by atoms with Crippen molar-refractivity contribution < 1.29 is 9.53 Å². The first-order chi connectivity index (χ1) is 8.86. The molecular formula is C15H21NO2. The summed E-state index contributed by atoms with van der Waals surface area (Å²) >= 11 is 0. The Bertz CT molecular complexity index is 358. The number of carbonyl (C=O) groups excluding carboxylic acids is 1. The number of hydrogen-bond donors (Lipinski definition) is 1. The highest BCUT2D eigenvalue weighted by Crippen LogP contribution is 2.24. The molecule has 0 aliphatic heterocycles. The molecule has 3 nitrogen and oxygen atoms in total. The van der Waals surface area contributed by atoms with Gasteiger partial charge < -0.3 is 10.1 Å². The van der Waals surface area contributed by atoms with E-state index in [9.17, 15) is 4.79 Å². The van der Waals surface area contributed by atoms with Crippen LogP contribution in [-0.4, -0.2) is 19.1 Å². The first-order valence-corrected chi connectivity index (χ1v) is 6.82. The Kier molecular flexibility index (Phi) is 5.06. The van der Waals surface area contributed by atoms with E-state index >= 15 is 0 Å². The second-order valence-electron chi connectivity index (χ2n) is 4.80. The third kappa shape index (κ3) is 4.06. The summed E-state index contributed by atoms with van der Waals surface area (Å²) in [4.78, 5) is 11.8. The van der Waals surface area contributed by atoms with Gasteiger partial charge in [0.05, 0.1) is 5.92 Å². The molecule has 1 aliphatic carbocycles. The van der Waals surface area contributed by atoms with Crippen LogP contribution in [-0.2, 0) is 9.53 Å². The summed E-state index contributed by atoms with van der Waals surface area (Å²) in [5, 5.41) is 3.23. The number of anilines is 1. The molecule has 0 heterocycles. The Morgan fingerprint density at radius 2 is 1.89 bits per heavy atom. The number of esters is 1. The van der Waals surface area contributed by atoms with Crippen LogP contribution in [0.5, 0.6) is 0 Å². The van der Waals surface area contributed by atoms with Gasteiger partial charge >= 0.3 is 5.97 Å². The number of carbonyl (C=O) groups is 1. The molecule has 18 heavy (non-hydrogen) atoms. The van der Waals surface area contributed by atoms with E-state index in [0.29, 0.717) is 13.2 Å². The Morgan fingerprint density at radius 1 is 1.17 bits per heavy atom. The highest BCUT2D eigenvalue weighted by atomic mass is 16.5. The maximum Gasteiger partial charge on any atom is 0.308 e. The monoisotopic (exact) mass is 247 g/mol. The first kappa shape index (κ1) is 12.9. The molecule has 0 amide bonds. The molecule has 0 aromatic heterocycles. The van der Waals surface area contributed by atoms with Crippen LogP contribution >= 0.6 is 0 Å². The number of para-hydroxylation sites is 1. The van der Waals surface area contributed by atoms with Gasteiger partial charge in [-0.3, -0.25) is 4.79 Å². The summed E-state index contributed by atoms with van der Waals surface area (Å²) in [7, 11) is 0. The largest absolute Gasteiger partial charge is 0.464 e. The summed E-state index contributed by atoms with van der Waals surface area (Å²) in [5.74, 6) is 0.139. The summed E-state index contributed by atoms with van der Waals surface area (Å²) in [6.45, 7) is 1.12. The van der Waals surface area contributed by atoms with Crippen LogP contribution in [0, 0.1) is 5.92 Å². The molecule has 1 aromatic carbocycles. The Hall–Kier alpha value is -1.51. The average molecular weight is 247 g/mol. The second kappa shape index (κ2) is 7.04. The molecule has 0 bridgehead atoms. The van der Waals surface area contributed by atoms with Gasteiger partial charge in [-0.2, -0.15) is 0 Å². The quantitative estimate of drug-likeness (QED) is 0.641. The van der Waals surface area contributed by atoms with Crippen LogP contribution in [0.25, 0.3) is 0 Å². The lowest BCUT2D eigenvalue weighted by Gasteiger charge is -2.20. The molecule has 1 saturated carbocycles. The van der Waals surface area contributed by atoms with E-state index in [1.54, 1.807) is 0 Å². The van der Waals surface area contributed by atoms with Crippen LogP contribution in [0.15, 0.2) is 30.3 Å². The lowest BCUT2D eigenvalue weighted by atomic mass is 9.89. The number of benzene rings is 1. The standard InChI is InChI=1S/C15H21NO2/c17-15(13-7-3-1-4-8-13)18-12-11-16-14-9-5-2-6-10-14/h2,5-6,9-10,13,16H,1,3-4,7-8,11-12H2. The summed E-state index contributed by atoms with van der Waals surface area (Å²) in [6.07, 6.45) is 5.61. The van der Waals surface area contributed by atoms with Gasteiger partial charge in [-0.1, -0.05) is 37.5 Å². The third-order valence-electron chi connectivity index (χ3n) is 3.39. The number of ether oxygens (including phenoxy) is 1. The molecular weight excluding hydrogens is 226 g/mol. The molecule has 0 atom stereocenters. The van der Waals surface area contributed by atoms with E-state index in [4.69, 9.17) is 4.74 Å². The molecule has 1 aliphatic rings. The van der Waals surface area contributed by atoms with Gasteiger partial charge in [-0.15, -0.1) is 0 Å². The summed E-state index contributed by atoms with van der Waals surface area (Å²) < 4.78 is 5.30. The van der Waals surface area contributed by atoms with Gasteiger partial charge in [0.1, 0.15) is 6.61 Å². The summed E-state index contributed by atoms with van der Waals surface area (Å²) in [6, 6.07) is 9.95. The van der Waals surface area contributed by atoms with E-state index < -0.39 is 0 Å². The molecule has 1 aromatic rings. The van der Waals surface area contributed by atoms with E-state index in [-0.39, 0.29) is 11.9 Å². The Labute approximate surface area is 109 Å². The van der Waals surface area contributed by atoms with E-state index in [1.807, 2.05) is 30.3 Å². The topological polar surface area (TPSA) is 38.3 Å². The lowest BCUT2D eigenvalue weighted by molar-refractivity contribution is -0.149. The zero-order valence-electron chi connectivity index (χ0n) is 10.7. The van der Waals surface area contributed by atoms with Crippen molar-refractivity contribution in [2.45, 2.75) is 32.1 Å². The van der Waals surface area contributed by atoms with Crippen molar-refractivity contribution in [3.63, 3.8) is 0 Å². The van der Waals surface area contributed by atoms with Gasteiger partial charge in [0.2, 0.25) is 0 Å². The minimum absolute atomic E-state index is 0.00967. The molecule has 0 saturated heterocycles. The summed E-state index contributed by atoms with van der Waals surface area (Å²) in [5.41, 5.74) is 1.06. The molecule has 0 radical (unpaired) electrons. The molecule has 1 fully saturated rings. The average Bonchev–Trinajstić information content (AvgIpc) is 2.45. The van der Waals surface area contributed by atoms with Crippen molar-refractivity contribution in [3.05, 3.63) is 30.3 Å². The Morgan fingerprint density at radius 3 is 2.61 bits per heavy atom. The number of nitrogens with one attached hydrogen (secondary N) is 1. The van der Waals surface area contributed by atoms with Crippen LogP contribution < -0.4 is 5.32 Å². The fourth-order valence-electron chi connectivity index (χ4n) is 2.36. The maximum absolute atomic E-state index is 11.8. The van der Waals surface area contributed by atoms with Crippen molar-refractivity contribution >= 4 is 11.7 Å². The number of hydrogen-bond acceptors (Lipinski definition) is 3. The van der Waals surface area contributed by atoms with Crippen molar-refractivity contribution in [2.75, 3.05) is 18.5 Å². The molecule has 98 valence electrons. The van der Waals surface area contributed by atoms with E-state index in [0.717, 1.165) is 18.5 Å². The van der Waals surface area contributed by atoms with E-state index in [2.05, 4.69) is 5.32 Å². The van der Waals surface area contributed by atoms with Gasteiger partial charge in [-0.25, -0.2) is 0 Å². The van der Waals surface area contributed by atoms with Crippen molar-refractivity contribution in [1.29, 1.82) is 0 Å². The van der Waals surface area contributed by atoms with Crippen molar-refractivity contribution in [1.82, 2.24) is 0 Å². The van der Waals surface area contributed by atoms with Crippen LogP contribution in [0.2, 0.25) is 0 Å². The zero-order chi connectivity index (χ0) is 12.6. The normalized spacial score (nSPS) is 16.2. The van der Waals surface area contributed by atoms with Gasteiger partial charge in [0.15, 0.2) is 0 Å². The predicted molar refractivity (Wildman–Crippen MR) is 72.5 cm³/mol. The highest BCUT2D eigenvalue weighted by Gasteiger charge is 2.21. The molecule has 3 heteroatoms. The van der Waals surface area contributed by atoms with Crippen LogP contribution in [0.4, 0.5) is 5.69 Å². The van der Waals surface area contributed by atoms with Crippen molar-refractivity contribution in [3.8, 4) is 0 Å². The minimum atomic E-state index is -0.00967. The lowest BCUT2D eigenvalue weighted by Crippen LogP contribution is -2.22. The number of rotatable bonds is 5. The zero-order valence-corrected chi connectivity index (χ0v) is 10.7. The smallest absolute Gasteiger partial charge is 0.308 e. The Balaban J connectivity index is 1.61. The molecule has 2 rings (SSSR count). The van der Waals surface area contributed by atoms with Gasteiger partial charge in [0.25, 0.3) is 0 Å². The van der Waals surface area contributed by atoms with Crippen molar-refractivity contribution in [2.24, 2.45) is 5.92 Å². The first-order valence-electron chi connectivity index (χ1n) is 6.82. The SMILES string of the molecule is O=C(OCCNc1ccccc1)C1CCCCC1. The highest BCUT2D eigenvalue weighted by molar-refractivity contribution is 5.72. The second-order valence-corrected chi connectivity index (χ2v) is 4.80.